The first kappa shape index (κ1) is 11.9. The summed E-state index contributed by atoms with van der Waals surface area (Å²) in [6.45, 7) is 0. The van der Waals surface area contributed by atoms with Gasteiger partial charge in [0.15, 0.2) is 22.0 Å². The predicted molar refractivity (Wildman–Crippen MR) is 64.7 cm³/mol. The Hall–Kier alpha value is -3.54. The van der Waals surface area contributed by atoms with Gasteiger partial charge in [-0.2, -0.15) is 21.0 Å². The Labute approximate surface area is 107 Å². The zero-order valence-electron chi connectivity index (χ0n) is 9.51. The van der Waals surface area contributed by atoms with E-state index in [1.807, 2.05) is 0 Å². The summed E-state index contributed by atoms with van der Waals surface area (Å²) in [5.41, 5.74) is -0.229. The van der Waals surface area contributed by atoms with Crippen LogP contribution in [0.15, 0.2) is 28.7 Å². The molecule has 2 rings (SSSR count). The fourth-order valence-electron chi connectivity index (χ4n) is 1.72. The summed E-state index contributed by atoms with van der Waals surface area (Å²) in [7, 11) is 0. The van der Waals surface area contributed by atoms with Gasteiger partial charge in [0.25, 0.3) is 0 Å². The number of hydrogen-bond donors (Lipinski definition) is 0. The minimum atomic E-state index is -0.197. The zero-order valence-corrected chi connectivity index (χ0v) is 9.51. The molecule has 86 valence electrons. The first-order valence-corrected chi connectivity index (χ1v) is 5.13. The summed E-state index contributed by atoms with van der Waals surface area (Å²) in [5.74, 6) is 0. The fourth-order valence-corrected chi connectivity index (χ4v) is 1.72. The molecule has 0 aliphatic heterocycles. The lowest BCUT2D eigenvalue weighted by molar-refractivity contribution is 0.506. The van der Waals surface area contributed by atoms with Gasteiger partial charge in [0, 0.05) is 10.8 Å². The molecule has 1 aromatic carbocycles. The van der Waals surface area contributed by atoms with E-state index >= 15 is 0 Å². The summed E-state index contributed by atoms with van der Waals surface area (Å²) < 4.78 is 5.39. The van der Waals surface area contributed by atoms with Crippen LogP contribution in [0.2, 0.25) is 0 Å². The highest BCUT2D eigenvalue weighted by Crippen LogP contribution is 2.08. The number of rotatable bonds is 0. The van der Waals surface area contributed by atoms with Crippen LogP contribution in [0.4, 0.5) is 0 Å². The Kier molecular flexibility index (Phi) is 2.99. The van der Waals surface area contributed by atoms with Crippen molar-refractivity contribution >= 4 is 21.9 Å². The van der Waals surface area contributed by atoms with Crippen molar-refractivity contribution in [2.75, 3.05) is 0 Å². The van der Waals surface area contributed by atoms with Gasteiger partial charge in [-0.25, -0.2) is 0 Å². The third-order valence-corrected chi connectivity index (χ3v) is 2.52. The van der Waals surface area contributed by atoms with E-state index in [9.17, 15) is 0 Å². The van der Waals surface area contributed by atoms with Crippen LogP contribution in [-0.2, 0) is 0 Å². The molecule has 0 aliphatic rings. The van der Waals surface area contributed by atoms with Gasteiger partial charge in [0.1, 0.15) is 24.3 Å². The van der Waals surface area contributed by atoms with Crippen molar-refractivity contribution in [3.63, 3.8) is 0 Å². The highest BCUT2D eigenvalue weighted by atomic mass is 16.3. The summed E-state index contributed by atoms with van der Waals surface area (Å²) in [5, 5.41) is 36.6. The molecule has 2 aromatic rings. The van der Waals surface area contributed by atoms with Gasteiger partial charge < -0.3 is 4.42 Å². The summed E-state index contributed by atoms with van der Waals surface area (Å²) in [6.07, 6.45) is 0. The number of furan rings is 1. The molecule has 5 nitrogen and oxygen atoms in total. The second kappa shape index (κ2) is 4.76. The summed E-state index contributed by atoms with van der Waals surface area (Å²) >= 11 is 0. The van der Waals surface area contributed by atoms with Crippen LogP contribution in [0.5, 0.6) is 0 Å². The normalized spacial score (nSPS) is 8.84. The van der Waals surface area contributed by atoms with Crippen molar-refractivity contribution < 1.29 is 4.42 Å². The number of hydrogen-bond acceptors (Lipinski definition) is 5. The van der Waals surface area contributed by atoms with Crippen LogP contribution in [0.1, 0.15) is 0 Å². The molecule has 0 saturated carbocycles. The monoisotopic (exact) mass is 244 g/mol. The summed E-state index contributed by atoms with van der Waals surface area (Å²) in [6, 6.07) is 13.7. The molecule has 0 aliphatic carbocycles. The third kappa shape index (κ3) is 1.79. The molecule has 19 heavy (non-hydrogen) atoms. The smallest absolute Gasteiger partial charge is 0.172 e. The Balaban J connectivity index is 3.23. The highest BCUT2D eigenvalue weighted by molar-refractivity contribution is 5.90. The average Bonchev–Trinajstić information content (AvgIpc) is 2.82. The minimum absolute atomic E-state index is 0.0820. The Bertz CT molecular complexity index is 842. The van der Waals surface area contributed by atoms with Crippen LogP contribution in [0.3, 0.4) is 0 Å². The molecule has 0 radical (unpaired) electrons. The van der Waals surface area contributed by atoms with Crippen molar-refractivity contribution in [2.45, 2.75) is 0 Å². The van der Waals surface area contributed by atoms with Gasteiger partial charge in [0.05, 0.1) is 0 Å². The molecule has 1 heterocycles. The molecule has 0 fully saturated rings. The lowest BCUT2D eigenvalue weighted by atomic mass is 10.1. The maximum absolute atomic E-state index is 8.89. The SMILES string of the molecule is N#CC(C#N)=c1oc(=C(C#N)C#N)c2ccccc12. The quantitative estimate of drug-likeness (QED) is 0.681. The van der Waals surface area contributed by atoms with Crippen LogP contribution in [0.25, 0.3) is 21.9 Å². The van der Waals surface area contributed by atoms with Gasteiger partial charge in [-0.05, 0) is 0 Å². The zero-order chi connectivity index (χ0) is 13.8. The molecule has 1 aromatic heterocycles. The second-order valence-electron chi connectivity index (χ2n) is 3.50. The maximum atomic E-state index is 8.89. The Morgan fingerprint density at radius 1 is 0.737 bits per heavy atom. The molecule has 0 saturated heterocycles. The Morgan fingerprint density at radius 2 is 1.11 bits per heavy atom. The van der Waals surface area contributed by atoms with E-state index in [-0.39, 0.29) is 22.0 Å². The van der Waals surface area contributed by atoms with E-state index in [2.05, 4.69) is 0 Å². The van der Waals surface area contributed by atoms with Gasteiger partial charge in [-0.1, -0.05) is 24.3 Å². The largest absolute Gasteiger partial charge is 0.452 e. The number of nitrogens with zero attached hydrogens (tertiary/aromatic N) is 4. The van der Waals surface area contributed by atoms with E-state index in [1.54, 1.807) is 48.5 Å². The van der Waals surface area contributed by atoms with Gasteiger partial charge in [-0.3, -0.25) is 0 Å². The lowest BCUT2D eigenvalue weighted by Crippen LogP contribution is -2.05. The molecule has 0 amide bonds. The molecule has 5 heteroatoms. The maximum Gasteiger partial charge on any atom is 0.172 e. The van der Waals surface area contributed by atoms with Crippen LogP contribution < -0.4 is 10.8 Å². The van der Waals surface area contributed by atoms with Crippen molar-refractivity contribution in [1.29, 1.82) is 21.0 Å². The van der Waals surface area contributed by atoms with Crippen LogP contribution in [-0.4, -0.2) is 0 Å². The predicted octanol–water partition coefficient (Wildman–Crippen LogP) is 0.829. The fraction of sp³-hybridized carbons (Fsp3) is 0. The lowest BCUT2D eigenvalue weighted by Gasteiger charge is -1.85. The molecule has 0 spiro atoms. The average molecular weight is 244 g/mol. The van der Waals surface area contributed by atoms with E-state index in [0.717, 1.165) is 0 Å². The van der Waals surface area contributed by atoms with E-state index in [1.165, 1.54) is 0 Å². The first-order valence-electron chi connectivity index (χ1n) is 5.13. The molecule has 0 N–H and O–H groups in total. The molecule has 0 bridgehead atoms. The number of benzene rings is 1. The number of fused-ring (bicyclic) bond motifs is 1. The van der Waals surface area contributed by atoms with E-state index in [4.69, 9.17) is 25.5 Å². The van der Waals surface area contributed by atoms with Crippen molar-refractivity contribution in [3.05, 3.63) is 35.1 Å². The summed E-state index contributed by atoms with van der Waals surface area (Å²) in [4.78, 5) is 0. The second-order valence-corrected chi connectivity index (χ2v) is 3.50. The Morgan fingerprint density at radius 3 is 1.42 bits per heavy atom. The topological polar surface area (TPSA) is 108 Å². The molecular formula is C14H4N4O. The van der Waals surface area contributed by atoms with Crippen molar-refractivity contribution in [3.8, 4) is 24.3 Å². The highest BCUT2D eigenvalue weighted by Gasteiger charge is 2.10. The van der Waals surface area contributed by atoms with E-state index < -0.39 is 0 Å². The van der Waals surface area contributed by atoms with Crippen molar-refractivity contribution in [2.24, 2.45) is 0 Å². The van der Waals surface area contributed by atoms with E-state index in [0.29, 0.717) is 10.8 Å². The third-order valence-electron chi connectivity index (χ3n) is 2.52. The number of nitriles is 4. The molecule has 0 atom stereocenters. The van der Waals surface area contributed by atoms with Crippen LogP contribution in [0, 0.1) is 45.3 Å². The van der Waals surface area contributed by atoms with Gasteiger partial charge in [-0.15, -0.1) is 0 Å². The van der Waals surface area contributed by atoms with Crippen LogP contribution >= 0.6 is 0 Å². The van der Waals surface area contributed by atoms with Gasteiger partial charge in [0.2, 0.25) is 0 Å². The molecule has 0 unspecified atom stereocenters. The molecular weight excluding hydrogens is 240 g/mol. The standard InChI is InChI=1S/C14H4N4O/c15-5-9(6-16)13-11-3-1-2-4-12(11)14(19-13)10(7-17)8-18/h1-4H. The first-order chi connectivity index (χ1) is 9.26. The van der Waals surface area contributed by atoms with Gasteiger partial charge >= 0.3 is 0 Å². The minimum Gasteiger partial charge on any atom is -0.452 e. The van der Waals surface area contributed by atoms with Crippen molar-refractivity contribution in [1.82, 2.24) is 0 Å².